The number of aromatic nitrogens is 3. The van der Waals surface area contributed by atoms with E-state index in [1.807, 2.05) is 9.30 Å². The molecule has 0 aliphatic carbocycles. The van der Waals surface area contributed by atoms with Crippen LogP contribution in [-0.4, -0.2) is 42.9 Å². The number of carbonyl (C=O) groups excluding carboxylic acids is 1. The Hall–Kier alpha value is -3.63. The lowest BCUT2D eigenvalue weighted by atomic mass is 9.86. The predicted octanol–water partition coefficient (Wildman–Crippen LogP) is 5.77. The Morgan fingerprint density at radius 1 is 1.07 bits per heavy atom. The van der Waals surface area contributed by atoms with E-state index in [1.54, 1.807) is 24.5 Å². The van der Waals surface area contributed by atoms with E-state index >= 15 is 0 Å². The van der Waals surface area contributed by atoms with Gasteiger partial charge in [-0.25, -0.2) is 9.97 Å². The number of nitrogens with zero attached hydrogens (tertiary/aromatic N) is 4. The maximum absolute atomic E-state index is 13.3. The van der Waals surface area contributed by atoms with Gasteiger partial charge in [0, 0.05) is 42.9 Å². The molecule has 2 aliphatic rings. The molecule has 2 aromatic heterocycles. The zero-order valence-corrected chi connectivity index (χ0v) is 22.4. The molecule has 6 rings (SSSR count). The fourth-order valence-corrected chi connectivity index (χ4v) is 6.29. The summed E-state index contributed by atoms with van der Waals surface area (Å²) in [4.78, 5) is 23.6. The van der Waals surface area contributed by atoms with Gasteiger partial charge in [0.25, 0.3) is 0 Å². The molecule has 0 saturated carbocycles. The zero-order valence-electron chi connectivity index (χ0n) is 21.6. The fraction of sp³-hybridized carbons (Fsp3) is 0.345. The molecule has 2 aliphatic heterocycles. The molecular formula is C29H27ClF3N5O2. The number of benzene rings is 2. The Morgan fingerprint density at radius 2 is 1.82 bits per heavy atom. The molecule has 0 radical (unpaired) electrons. The molecule has 4 aromatic rings. The van der Waals surface area contributed by atoms with Crippen LogP contribution in [0.3, 0.4) is 0 Å². The van der Waals surface area contributed by atoms with Crippen LogP contribution in [0.1, 0.15) is 61.0 Å². The van der Waals surface area contributed by atoms with Crippen LogP contribution in [0.25, 0.3) is 16.8 Å². The van der Waals surface area contributed by atoms with Crippen LogP contribution < -0.4 is 5.73 Å². The normalized spacial score (nSPS) is 21.1. The third kappa shape index (κ3) is 4.39. The summed E-state index contributed by atoms with van der Waals surface area (Å²) in [6.07, 6.45) is 2.10. The number of fused-ring (bicyclic) bond motifs is 2. The molecule has 1 amide bonds. The molecule has 40 heavy (non-hydrogen) atoms. The molecule has 208 valence electrons. The third-order valence-corrected chi connectivity index (χ3v) is 8.54. The van der Waals surface area contributed by atoms with E-state index in [-0.39, 0.29) is 34.3 Å². The summed E-state index contributed by atoms with van der Waals surface area (Å²) in [7, 11) is 0. The van der Waals surface area contributed by atoms with Crippen molar-refractivity contribution in [3.8, 4) is 11.3 Å². The van der Waals surface area contributed by atoms with Gasteiger partial charge in [-0.15, -0.1) is 0 Å². The summed E-state index contributed by atoms with van der Waals surface area (Å²) in [6, 6.07) is 9.71. The van der Waals surface area contributed by atoms with E-state index in [0.29, 0.717) is 35.3 Å². The summed E-state index contributed by atoms with van der Waals surface area (Å²) < 4.78 is 41.8. The van der Waals surface area contributed by atoms with Gasteiger partial charge < -0.3 is 15.7 Å². The Bertz CT molecular complexity index is 1630. The van der Waals surface area contributed by atoms with E-state index in [0.717, 1.165) is 37.2 Å². The van der Waals surface area contributed by atoms with Crippen molar-refractivity contribution in [1.82, 2.24) is 19.3 Å². The lowest BCUT2D eigenvalue weighted by Crippen LogP contribution is -2.41. The molecule has 4 heterocycles. The highest BCUT2D eigenvalue weighted by atomic mass is 35.5. The van der Waals surface area contributed by atoms with Crippen molar-refractivity contribution in [3.63, 3.8) is 0 Å². The van der Waals surface area contributed by atoms with Gasteiger partial charge in [-0.1, -0.05) is 35.9 Å². The van der Waals surface area contributed by atoms with Gasteiger partial charge in [0.05, 0.1) is 10.6 Å². The van der Waals surface area contributed by atoms with Crippen LogP contribution in [0, 0.1) is 0 Å². The van der Waals surface area contributed by atoms with Crippen LogP contribution in [0.5, 0.6) is 0 Å². The number of nitrogens with two attached hydrogens (primary N) is 1. The number of carbonyl (C=O) groups is 1. The number of anilines is 1. The number of nitrogen functional groups attached to an aromatic ring is 1. The lowest BCUT2D eigenvalue weighted by molar-refractivity contribution is -0.137. The average molecular weight is 570 g/mol. The topological polar surface area (TPSA) is 96.8 Å². The molecule has 3 atom stereocenters. The standard InChI is InChI=1S/C29H27ClF3N5O2/c1-28(40,17-3-2-4-19(13-17)29(31,32)33)18-6-9-21(22(30)14-18)24-25-26(34)35-11-12-37(25)27(36-24)16-5-7-20-8-10-23(39)38(20)15-16/h2-4,6,9,11-14,16,20,40H,5,7-8,10,15H2,1H3,(H2,34,35)/t16-,20+,28?/m1/s1. The van der Waals surface area contributed by atoms with Gasteiger partial charge in [0.1, 0.15) is 28.5 Å². The number of alkyl halides is 3. The summed E-state index contributed by atoms with van der Waals surface area (Å²) in [5, 5.41) is 11.6. The smallest absolute Gasteiger partial charge is 0.382 e. The Morgan fingerprint density at radius 3 is 2.58 bits per heavy atom. The number of rotatable bonds is 4. The molecule has 2 aromatic carbocycles. The van der Waals surface area contributed by atoms with Crippen molar-refractivity contribution in [2.75, 3.05) is 12.3 Å². The number of halogens is 4. The highest BCUT2D eigenvalue weighted by Crippen LogP contribution is 2.41. The summed E-state index contributed by atoms with van der Waals surface area (Å²) in [5.41, 5.74) is 5.74. The molecule has 2 saturated heterocycles. The van der Waals surface area contributed by atoms with Gasteiger partial charge in [0.2, 0.25) is 5.91 Å². The Balaban J connectivity index is 1.40. The van der Waals surface area contributed by atoms with Crippen molar-refractivity contribution in [2.45, 2.75) is 56.3 Å². The highest BCUT2D eigenvalue weighted by molar-refractivity contribution is 6.33. The molecule has 0 spiro atoms. The number of piperidine rings is 1. The minimum atomic E-state index is -4.54. The molecule has 0 bridgehead atoms. The lowest BCUT2D eigenvalue weighted by Gasteiger charge is -2.34. The fourth-order valence-electron chi connectivity index (χ4n) is 6.02. The first-order valence-corrected chi connectivity index (χ1v) is 13.5. The number of hydrogen-bond donors (Lipinski definition) is 2. The first-order chi connectivity index (χ1) is 18.9. The second-order valence-corrected chi connectivity index (χ2v) is 11.1. The number of aliphatic hydroxyl groups is 1. The van der Waals surface area contributed by atoms with Gasteiger partial charge in [0.15, 0.2) is 0 Å². The van der Waals surface area contributed by atoms with Crippen molar-refractivity contribution >= 4 is 28.8 Å². The maximum atomic E-state index is 13.3. The molecule has 1 unspecified atom stereocenters. The SMILES string of the molecule is CC(O)(c1cccc(C(F)(F)F)c1)c1ccc(-c2nc([C@@H]3CC[C@H]4CCC(=O)N4C3)n3ccnc(N)c23)c(Cl)c1. The third-order valence-electron chi connectivity index (χ3n) is 8.23. The van der Waals surface area contributed by atoms with E-state index < -0.39 is 17.3 Å². The van der Waals surface area contributed by atoms with E-state index in [9.17, 15) is 23.1 Å². The maximum Gasteiger partial charge on any atom is 0.416 e. The van der Waals surface area contributed by atoms with Crippen LogP contribution >= 0.6 is 11.6 Å². The molecule has 7 nitrogen and oxygen atoms in total. The monoisotopic (exact) mass is 569 g/mol. The van der Waals surface area contributed by atoms with Crippen molar-refractivity contribution < 1.29 is 23.1 Å². The van der Waals surface area contributed by atoms with E-state index in [2.05, 4.69) is 4.98 Å². The second kappa shape index (κ2) is 9.49. The van der Waals surface area contributed by atoms with Gasteiger partial charge in [-0.05, 0) is 55.5 Å². The molecule has 2 fully saturated rings. The Kier molecular flexibility index (Phi) is 6.30. The van der Waals surface area contributed by atoms with Crippen LogP contribution in [0.2, 0.25) is 5.02 Å². The minimum Gasteiger partial charge on any atom is -0.382 e. The van der Waals surface area contributed by atoms with Crippen LogP contribution in [0.15, 0.2) is 54.9 Å². The summed E-state index contributed by atoms with van der Waals surface area (Å²) in [6.45, 7) is 2.01. The average Bonchev–Trinajstić information content (AvgIpc) is 3.49. The molecule has 11 heteroatoms. The number of imidazole rings is 1. The van der Waals surface area contributed by atoms with Crippen molar-refractivity contribution in [1.29, 1.82) is 0 Å². The van der Waals surface area contributed by atoms with Gasteiger partial charge >= 0.3 is 6.18 Å². The largest absolute Gasteiger partial charge is 0.416 e. The number of hydrogen-bond acceptors (Lipinski definition) is 5. The van der Waals surface area contributed by atoms with Gasteiger partial charge in [-0.3, -0.25) is 9.20 Å². The number of amides is 1. The highest BCUT2D eigenvalue weighted by Gasteiger charge is 2.39. The van der Waals surface area contributed by atoms with Gasteiger partial charge in [-0.2, -0.15) is 13.2 Å². The predicted molar refractivity (Wildman–Crippen MR) is 145 cm³/mol. The van der Waals surface area contributed by atoms with Crippen molar-refractivity contribution in [2.24, 2.45) is 0 Å². The van der Waals surface area contributed by atoms with Crippen molar-refractivity contribution in [3.05, 3.63) is 82.4 Å². The first kappa shape index (κ1) is 26.6. The molecule has 3 N–H and O–H groups in total. The van der Waals surface area contributed by atoms with E-state index in [1.165, 1.54) is 25.1 Å². The minimum absolute atomic E-state index is 0.000964. The summed E-state index contributed by atoms with van der Waals surface area (Å²) >= 11 is 6.75. The van der Waals surface area contributed by atoms with Crippen LogP contribution in [0.4, 0.5) is 19.0 Å². The zero-order chi connectivity index (χ0) is 28.4. The molecular weight excluding hydrogens is 543 g/mol. The Labute approximate surface area is 233 Å². The quantitative estimate of drug-likeness (QED) is 0.325. The first-order valence-electron chi connectivity index (χ1n) is 13.1. The second-order valence-electron chi connectivity index (χ2n) is 10.7. The van der Waals surface area contributed by atoms with Crippen LogP contribution in [-0.2, 0) is 16.6 Å². The summed E-state index contributed by atoms with van der Waals surface area (Å²) in [5.74, 6) is 1.19. The van der Waals surface area contributed by atoms with E-state index in [4.69, 9.17) is 22.3 Å².